The van der Waals surface area contributed by atoms with Crippen LogP contribution in [0, 0.1) is 17.8 Å². The van der Waals surface area contributed by atoms with Crippen LogP contribution in [0.1, 0.15) is 24.4 Å². The van der Waals surface area contributed by atoms with Gasteiger partial charge in [-0.25, -0.2) is 5.06 Å². The Morgan fingerprint density at radius 3 is 2.69 bits per heavy atom. The lowest BCUT2D eigenvalue weighted by molar-refractivity contribution is -0.186. The smallest absolute Gasteiger partial charge is 0.312 e. The van der Waals surface area contributed by atoms with Crippen LogP contribution in [0.15, 0.2) is 24.3 Å². The summed E-state index contributed by atoms with van der Waals surface area (Å²) in [4.78, 5) is 31.5. The number of carbonyl (C=O) groups is 2. The van der Waals surface area contributed by atoms with Gasteiger partial charge in [-0.2, -0.15) is 0 Å². The van der Waals surface area contributed by atoms with Crippen molar-refractivity contribution in [1.82, 2.24) is 5.06 Å². The van der Waals surface area contributed by atoms with Crippen LogP contribution in [0.4, 0.5) is 0 Å². The number of rotatable bonds is 2. The van der Waals surface area contributed by atoms with Crippen LogP contribution in [0.2, 0.25) is 0 Å². The lowest BCUT2D eigenvalue weighted by atomic mass is 9.78. The van der Waals surface area contributed by atoms with E-state index >= 15 is 0 Å². The number of fused-ring (bicyclic) bond motifs is 5. The van der Waals surface area contributed by atoms with E-state index in [1.807, 2.05) is 24.3 Å². The van der Waals surface area contributed by atoms with Gasteiger partial charge in [-0.15, -0.1) is 0 Å². The molecule has 0 aromatic heterocycles. The fourth-order valence-corrected chi connectivity index (χ4v) is 4.89. The maximum Gasteiger partial charge on any atom is 0.312 e. The molecule has 6 atom stereocenters. The monoisotopic (exact) mass is 359 g/mol. The molecule has 3 fully saturated rings. The van der Waals surface area contributed by atoms with Gasteiger partial charge in [-0.3, -0.25) is 14.4 Å². The average Bonchev–Trinajstić information content (AvgIpc) is 3.40. The number of nitrogens with zero attached hydrogens (tertiary/aromatic N) is 1. The Kier molecular flexibility index (Phi) is 3.68. The summed E-state index contributed by atoms with van der Waals surface area (Å²) in [7, 11) is 1.35. The number of carbonyl (C=O) groups excluding carboxylic acids is 2. The highest BCUT2D eigenvalue weighted by molar-refractivity contribution is 5.87. The maximum atomic E-state index is 13.4. The summed E-state index contributed by atoms with van der Waals surface area (Å²) in [6.45, 7) is 0.939. The molecule has 3 saturated heterocycles. The van der Waals surface area contributed by atoms with Gasteiger partial charge in [-0.1, -0.05) is 18.2 Å². The molecular weight excluding hydrogens is 338 g/mol. The Labute approximate surface area is 151 Å². The average molecular weight is 359 g/mol. The molecule has 5 rings (SSSR count). The number of benzene rings is 1. The fourth-order valence-electron chi connectivity index (χ4n) is 4.89. The van der Waals surface area contributed by atoms with Crippen LogP contribution < -0.4 is 4.74 Å². The van der Waals surface area contributed by atoms with Gasteiger partial charge in [0.25, 0.3) is 5.91 Å². The van der Waals surface area contributed by atoms with Gasteiger partial charge < -0.3 is 14.2 Å². The highest BCUT2D eigenvalue weighted by Gasteiger charge is 2.59. The van der Waals surface area contributed by atoms with Crippen molar-refractivity contribution in [2.24, 2.45) is 17.8 Å². The Morgan fingerprint density at radius 1 is 1.12 bits per heavy atom. The van der Waals surface area contributed by atoms with E-state index in [0.717, 1.165) is 24.2 Å². The molecule has 0 unspecified atom stereocenters. The Morgan fingerprint density at radius 2 is 1.88 bits per heavy atom. The van der Waals surface area contributed by atoms with Gasteiger partial charge in [0.15, 0.2) is 0 Å². The third-order valence-corrected chi connectivity index (χ3v) is 6.07. The van der Waals surface area contributed by atoms with E-state index in [0.29, 0.717) is 13.2 Å². The largest absolute Gasteiger partial charge is 0.493 e. The summed E-state index contributed by atoms with van der Waals surface area (Å²) in [6.07, 6.45) is 1.10. The first kappa shape index (κ1) is 16.1. The number of para-hydroxylation sites is 1. The number of ether oxygens (including phenoxy) is 3. The van der Waals surface area contributed by atoms with E-state index in [1.165, 1.54) is 12.2 Å². The topological polar surface area (TPSA) is 74.3 Å². The Hall–Kier alpha value is -2.12. The minimum absolute atomic E-state index is 0.0879. The molecule has 1 aromatic rings. The van der Waals surface area contributed by atoms with Crippen molar-refractivity contribution in [2.75, 3.05) is 20.3 Å². The van der Waals surface area contributed by atoms with E-state index in [-0.39, 0.29) is 36.0 Å². The lowest BCUT2D eigenvalue weighted by Crippen LogP contribution is -2.46. The highest BCUT2D eigenvalue weighted by Crippen LogP contribution is 2.49. The SMILES string of the molecule is COC(=O)[C@H]1[C@@H](C(=O)N2OC[C@H]3COc4ccccc4[C@H]32)[C@@H]2CC[C@H]1O2. The predicted octanol–water partition coefficient (Wildman–Crippen LogP) is 1.48. The molecule has 7 nitrogen and oxygen atoms in total. The summed E-state index contributed by atoms with van der Waals surface area (Å²) < 4.78 is 16.6. The molecular formula is C19H21NO6. The molecule has 7 heteroatoms. The van der Waals surface area contributed by atoms with E-state index in [2.05, 4.69) is 0 Å². The second kappa shape index (κ2) is 5.96. The fraction of sp³-hybridized carbons (Fsp3) is 0.579. The zero-order valence-electron chi connectivity index (χ0n) is 14.5. The lowest BCUT2D eigenvalue weighted by Gasteiger charge is -2.34. The predicted molar refractivity (Wildman–Crippen MR) is 87.9 cm³/mol. The van der Waals surface area contributed by atoms with Crippen molar-refractivity contribution in [3.8, 4) is 5.75 Å². The molecule has 4 heterocycles. The molecule has 138 valence electrons. The van der Waals surface area contributed by atoms with Crippen molar-refractivity contribution >= 4 is 11.9 Å². The van der Waals surface area contributed by atoms with E-state index in [4.69, 9.17) is 19.0 Å². The molecule has 2 bridgehead atoms. The second-order valence-electron chi connectivity index (χ2n) is 7.38. The number of methoxy groups -OCH3 is 1. The second-order valence-corrected chi connectivity index (χ2v) is 7.38. The number of amides is 1. The van der Waals surface area contributed by atoms with E-state index < -0.39 is 11.8 Å². The molecule has 26 heavy (non-hydrogen) atoms. The third-order valence-electron chi connectivity index (χ3n) is 6.07. The van der Waals surface area contributed by atoms with Crippen LogP contribution in [-0.2, 0) is 23.9 Å². The van der Waals surface area contributed by atoms with Crippen molar-refractivity contribution in [3.63, 3.8) is 0 Å². The van der Waals surface area contributed by atoms with Crippen molar-refractivity contribution in [1.29, 1.82) is 0 Å². The zero-order valence-corrected chi connectivity index (χ0v) is 14.5. The number of hydroxylamine groups is 2. The third kappa shape index (κ3) is 2.20. The Balaban J connectivity index is 1.47. The molecule has 0 N–H and O–H groups in total. The van der Waals surface area contributed by atoms with Crippen LogP contribution >= 0.6 is 0 Å². The minimum Gasteiger partial charge on any atom is -0.493 e. The van der Waals surface area contributed by atoms with Crippen molar-refractivity contribution in [3.05, 3.63) is 29.8 Å². The summed E-state index contributed by atoms with van der Waals surface area (Å²) >= 11 is 0. The summed E-state index contributed by atoms with van der Waals surface area (Å²) in [5.74, 6) is -0.787. The standard InChI is InChI=1S/C19H21NO6/c1-23-19(22)16-14-7-6-13(26-14)15(16)18(21)20-17-10(9-25-20)8-24-12-5-3-2-4-11(12)17/h2-5,10,13-17H,6-9H2,1H3/t10-,13+,14-,15+,16-,17+/m1/s1. The van der Waals surface area contributed by atoms with Gasteiger partial charge in [0.05, 0.1) is 50.4 Å². The number of hydrogen-bond donors (Lipinski definition) is 0. The number of hydrogen-bond acceptors (Lipinski definition) is 6. The zero-order chi connectivity index (χ0) is 17.8. The van der Waals surface area contributed by atoms with Gasteiger partial charge in [0.2, 0.25) is 0 Å². The highest BCUT2D eigenvalue weighted by atomic mass is 16.7. The van der Waals surface area contributed by atoms with Crippen LogP contribution in [0.5, 0.6) is 5.75 Å². The molecule has 0 spiro atoms. The molecule has 0 saturated carbocycles. The first-order valence-electron chi connectivity index (χ1n) is 9.10. The van der Waals surface area contributed by atoms with Crippen LogP contribution in [0.3, 0.4) is 0 Å². The van der Waals surface area contributed by atoms with Crippen molar-refractivity contribution in [2.45, 2.75) is 31.1 Å². The van der Waals surface area contributed by atoms with Gasteiger partial charge in [0.1, 0.15) is 5.75 Å². The molecule has 0 radical (unpaired) electrons. The molecule has 0 aliphatic carbocycles. The Bertz CT molecular complexity index is 751. The van der Waals surface area contributed by atoms with Crippen molar-refractivity contribution < 1.29 is 28.6 Å². The van der Waals surface area contributed by atoms with Gasteiger partial charge in [-0.05, 0) is 18.9 Å². The molecule has 1 aromatic carbocycles. The molecule has 4 aliphatic rings. The van der Waals surface area contributed by atoms with Gasteiger partial charge in [0, 0.05) is 11.5 Å². The first-order chi connectivity index (χ1) is 12.7. The normalized spacial score (nSPS) is 37.0. The van der Waals surface area contributed by atoms with Crippen LogP contribution in [-0.4, -0.2) is 49.5 Å². The van der Waals surface area contributed by atoms with Gasteiger partial charge >= 0.3 is 5.97 Å². The maximum absolute atomic E-state index is 13.4. The van der Waals surface area contributed by atoms with Crippen LogP contribution in [0.25, 0.3) is 0 Å². The molecule has 4 aliphatic heterocycles. The first-order valence-corrected chi connectivity index (χ1v) is 9.10. The number of esters is 1. The van der Waals surface area contributed by atoms with E-state index in [9.17, 15) is 9.59 Å². The van der Waals surface area contributed by atoms with E-state index in [1.54, 1.807) is 0 Å². The summed E-state index contributed by atoms with van der Waals surface area (Å²) in [5, 5.41) is 1.47. The quantitative estimate of drug-likeness (QED) is 0.745. The molecule has 1 amide bonds. The summed E-state index contributed by atoms with van der Waals surface area (Å²) in [5.41, 5.74) is 0.952. The minimum atomic E-state index is -0.552. The summed E-state index contributed by atoms with van der Waals surface area (Å²) in [6, 6.07) is 7.53.